The molecule has 2 nitrogen and oxygen atoms in total. The molecule has 1 rings (SSSR count). The van der Waals surface area contributed by atoms with Crippen molar-refractivity contribution in [2.24, 2.45) is 17.8 Å². The summed E-state index contributed by atoms with van der Waals surface area (Å²) >= 11 is 0. The molecule has 0 saturated heterocycles. The molecule has 1 aliphatic rings. The van der Waals surface area contributed by atoms with Gasteiger partial charge in [-0.2, -0.15) is 0 Å². The van der Waals surface area contributed by atoms with E-state index in [4.69, 9.17) is 0 Å². The van der Waals surface area contributed by atoms with Gasteiger partial charge in [0.1, 0.15) is 0 Å². The van der Waals surface area contributed by atoms with Crippen LogP contribution in [0.25, 0.3) is 0 Å². The highest BCUT2D eigenvalue weighted by molar-refractivity contribution is 4.91. The molecule has 0 aromatic rings. The highest BCUT2D eigenvalue weighted by atomic mass is 16.3. The molecule has 1 aliphatic carbocycles. The largest absolute Gasteiger partial charge is 0.392 e. The van der Waals surface area contributed by atoms with Crippen LogP contribution in [-0.2, 0) is 0 Å². The van der Waals surface area contributed by atoms with Crippen molar-refractivity contribution in [3.8, 4) is 0 Å². The quantitative estimate of drug-likeness (QED) is 0.661. The number of hydrogen-bond donors (Lipinski definition) is 2. The third-order valence-electron chi connectivity index (χ3n) is 3.69. The zero-order chi connectivity index (χ0) is 10.2. The van der Waals surface area contributed by atoms with Crippen LogP contribution in [0, 0.1) is 17.8 Å². The summed E-state index contributed by atoms with van der Waals surface area (Å²) in [6, 6.07) is 0. The van der Waals surface area contributed by atoms with Gasteiger partial charge in [-0.1, -0.05) is 13.8 Å². The van der Waals surface area contributed by atoms with Crippen molar-refractivity contribution in [2.75, 3.05) is 0 Å². The first-order chi connectivity index (χ1) is 5.84. The van der Waals surface area contributed by atoms with Crippen molar-refractivity contribution in [3.63, 3.8) is 0 Å². The molecule has 4 atom stereocenters. The minimum absolute atomic E-state index is 0. The molecule has 2 heteroatoms. The first-order valence-corrected chi connectivity index (χ1v) is 5.24. The predicted molar refractivity (Wildman–Crippen MR) is 55.5 cm³/mol. The fraction of sp³-hybridized carbons (Fsp3) is 1.00. The molecule has 1 fully saturated rings. The van der Waals surface area contributed by atoms with Crippen molar-refractivity contribution in [3.05, 3.63) is 0 Å². The fourth-order valence-electron chi connectivity index (χ4n) is 2.35. The Kier molecular flexibility index (Phi) is 3.03. The Bertz CT molecular complexity index is 177. The van der Waals surface area contributed by atoms with Crippen molar-refractivity contribution >= 4 is 0 Å². The number of aliphatic hydroxyl groups excluding tert-OH is 1. The Hall–Kier alpha value is -0.0800. The van der Waals surface area contributed by atoms with Crippen LogP contribution < -0.4 is 0 Å². The van der Waals surface area contributed by atoms with Gasteiger partial charge in [-0.05, 0) is 38.5 Å². The van der Waals surface area contributed by atoms with E-state index in [0.29, 0.717) is 11.8 Å². The average molecular weight is 188 g/mol. The maximum Gasteiger partial charge on any atom is 0.0644 e. The SMILES string of the molecule is CC1CCC(C(C)(C)O)C(O)C1C.[HH]. The topological polar surface area (TPSA) is 40.5 Å². The van der Waals surface area contributed by atoms with Gasteiger partial charge >= 0.3 is 0 Å². The van der Waals surface area contributed by atoms with E-state index < -0.39 is 5.60 Å². The zero-order valence-corrected chi connectivity index (χ0v) is 9.12. The molecule has 0 aromatic heterocycles. The third-order valence-corrected chi connectivity index (χ3v) is 3.69. The molecule has 0 spiro atoms. The summed E-state index contributed by atoms with van der Waals surface area (Å²) in [6.45, 7) is 7.84. The highest BCUT2D eigenvalue weighted by Gasteiger charge is 2.40. The van der Waals surface area contributed by atoms with Crippen molar-refractivity contribution in [2.45, 2.75) is 52.2 Å². The standard InChI is InChI=1S/C11H22O2.H2/c1-7-5-6-9(11(3,4)13)10(12)8(7)2;/h7-10,12-13H,5-6H2,1-4H3;1H. The van der Waals surface area contributed by atoms with Crippen LogP contribution in [0.5, 0.6) is 0 Å². The molecule has 1 saturated carbocycles. The van der Waals surface area contributed by atoms with Gasteiger partial charge in [0.15, 0.2) is 0 Å². The van der Waals surface area contributed by atoms with Crippen LogP contribution in [0.1, 0.15) is 42.0 Å². The predicted octanol–water partition coefficient (Wildman–Crippen LogP) is 2.05. The zero-order valence-electron chi connectivity index (χ0n) is 9.12. The van der Waals surface area contributed by atoms with Crippen molar-refractivity contribution < 1.29 is 11.6 Å². The highest BCUT2D eigenvalue weighted by Crippen LogP contribution is 2.38. The van der Waals surface area contributed by atoms with Crippen LogP contribution in [0.15, 0.2) is 0 Å². The Morgan fingerprint density at radius 3 is 2.23 bits per heavy atom. The van der Waals surface area contributed by atoms with Crippen molar-refractivity contribution in [1.82, 2.24) is 0 Å². The van der Waals surface area contributed by atoms with E-state index in [1.807, 2.05) is 0 Å². The van der Waals surface area contributed by atoms with Gasteiger partial charge in [-0.15, -0.1) is 0 Å². The van der Waals surface area contributed by atoms with Crippen LogP contribution in [0.3, 0.4) is 0 Å². The van der Waals surface area contributed by atoms with E-state index in [-0.39, 0.29) is 13.4 Å². The normalized spacial score (nSPS) is 42.0. The van der Waals surface area contributed by atoms with Gasteiger partial charge in [0.25, 0.3) is 0 Å². The molecule has 4 unspecified atom stereocenters. The summed E-state index contributed by atoms with van der Waals surface area (Å²) in [5.41, 5.74) is -0.742. The molecule has 0 bridgehead atoms. The smallest absolute Gasteiger partial charge is 0.0644 e. The van der Waals surface area contributed by atoms with E-state index in [1.54, 1.807) is 13.8 Å². The lowest BCUT2D eigenvalue weighted by Crippen LogP contribution is -2.46. The maximum absolute atomic E-state index is 9.98. The lowest BCUT2D eigenvalue weighted by atomic mass is 9.68. The molecule has 0 radical (unpaired) electrons. The first-order valence-electron chi connectivity index (χ1n) is 5.24. The minimum Gasteiger partial charge on any atom is -0.392 e. The molecular weight excluding hydrogens is 164 g/mol. The average Bonchev–Trinajstić information content (AvgIpc) is 1.98. The summed E-state index contributed by atoms with van der Waals surface area (Å²) in [5, 5.41) is 19.8. The van der Waals surface area contributed by atoms with Gasteiger partial charge in [0.2, 0.25) is 0 Å². The Morgan fingerprint density at radius 2 is 1.77 bits per heavy atom. The van der Waals surface area contributed by atoms with E-state index in [9.17, 15) is 10.2 Å². The molecule has 0 heterocycles. The molecule has 13 heavy (non-hydrogen) atoms. The van der Waals surface area contributed by atoms with Crippen LogP contribution in [0.2, 0.25) is 0 Å². The fourth-order valence-corrected chi connectivity index (χ4v) is 2.35. The van der Waals surface area contributed by atoms with Crippen LogP contribution in [0.4, 0.5) is 0 Å². The summed E-state index contributed by atoms with van der Waals surface area (Å²) in [4.78, 5) is 0. The monoisotopic (exact) mass is 188 g/mol. The molecule has 0 aromatic carbocycles. The van der Waals surface area contributed by atoms with Gasteiger partial charge in [-0.25, -0.2) is 0 Å². The molecule has 2 N–H and O–H groups in total. The van der Waals surface area contributed by atoms with E-state index in [2.05, 4.69) is 13.8 Å². The second-order valence-corrected chi connectivity index (χ2v) is 5.16. The van der Waals surface area contributed by atoms with E-state index >= 15 is 0 Å². The molecule has 0 amide bonds. The Balaban J connectivity index is 0.00000169. The number of aliphatic hydroxyl groups is 2. The summed E-state index contributed by atoms with van der Waals surface area (Å²) in [6.07, 6.45) is 1.71. The second-order valence-electron chi connectivity index (χ2n) is 5.16. The summed E-state index contributed by atoms with van der Waals surface area (Å²) in [7, 11) is 0. The maximum atomic E-state index is 9.98. The summed E-state index contributed by atoms with van der Waals surface area (Å²) in [5.74, 6) is 0.928. The molecular formula is C11H24O2. The third kappa shape index (κ3) is 2.23. The lowest BCUT2D eigenvalue weighted by molar-refractivity contribution is -0.0965. The first kappa shape index (κ1) is 11.0. The number of hydrogen-bond acceptors (Lipinski definition) is 2. The number of rotatable bonds is 1. The van der Waals surface area contributed by atoms with Crippen LogP contribution >= 0.6 is 0 Å². The Labute approximate surface area is 82.5 Å². The molecule has 80 valence electrons. The van der Waals surface area contributed by atoms with Crippen molar-refractivity contribution in [1.29, 1.82) is 0 Å². The van der Waals surface area contributed by atoms with Gasteiger partial charge in [-0.3, -0.25) is 0 Å². The van der Waals surface area contributed by atoms with Gasteiger partial charge < -0.3 is 10.2 Å². The summed E-state index contributed by atoms with van der Waals surface area (Å²) < 4.78 is 0. The Morgan fingerprint density at radius 1 is 1.23 bits per heavy atom. The van der Waals surface area contributed by atoms with Gasteiger partial charge in [0.05, 0.1) is 11.7 Å². The molecule has 0 aliphatic heterocycles. The second kappa shape index (κ2) is 3.58. The van der Waals surface area contributed by atoms with Gasteiger partial charge in [0, 0.05) is 7.34 Å². The lowest BCUT2D eigenvalue weighted by Gasteiger charge is -2.42. The van der Waals surface area contributed by atoms with E-state index in [1.165, 1.54) is 0 Å². The minimum atomic E-state index is -0.742. The van der Waals surface area contributed by atoms with Crippen LogP contribution in [-0.4, -0.2) is 21.9 Å². The van der Waals surface area contributed by atoms with E-state index in [0.717, 1.165) is 12.8 Å².